The third kappa shape index (κ3) is 1.76. The minimum atomic E-state index is 0. The zero-order valence-corrected chi connectivity index (χ0v) is 10.4. The second kappa shape index (κ2) is 4.77. The smallest absolute Gasteiger partial charge is 0.0777 e. The highest BCUT2D eigenvalue weighted by molar-refractivity contribution is 5.24. The first kappa shape index (κ1) is 11.9. The lowest BCUT2D eigenvalue weighted by Gasteiger charge is -2.29. The van der Waals surface area contributed by atoms with Gasteiger partial charge in [-0.2, -0.15) is 0 Å². The molecule has 2 saturated carbocycles. The molecule has 2 fully saturated rings. The van der Waals surface area contributed by atoms with Crippen molar-refractivity contribution < 1.29 is 18.1 Å². The van der Waals surface area contributed by atoms with Gasteiger partial charge in [-0.15, -0.1) is 0 Å². The maximum absolute atomic E-state index is 4.16. The van der Waals surface area contributed by atoms with Crippen LogP contribution in [-0.2, 0) is 0 Å². The van der Waals surface area contributed by atoms with Crippen molar-refractivity contribution in [1.29, 1.82) is 0 Å². The summed E-state index contributed by atoms with van der Waals surface area (Å²) in [6.07, 6.45) is 4.40. The number of rotatable bonds is 2. The Hall–Kier alpha value is -0.530. The molecule has 0 aliphatic heterocycles. The van der Waals surface area contributed by atoms with Crippen molar-refractivity contribution in [3.8, 4) is 0 Å². The largest absolute Gasteiger partial charge is 1.00 e. The van der Waals surface area contributed by atoms with Crippen molar-refractivity contribution >= 4 is 0 Å². The van der Waals surface area contributed by atoms with Gasteiger partial charge in [-0.3, -0.25) is 0 Å². The maximum atomic E-state index is 4.16. The van der Waals surface area contributed by atoms with Gasteiger partial charge in [0.25, 0.3) is 0 Å². The summed E-state index contributed by atoms with van der Waals surface area (Å²) in [5.41, 5.74) is 5.73. The van der Waals surface area contributed by atoms with Crippen LogP contribution in [0.2, 0.25) is 0 Å². The monoisotopic (exact) mass is 237 g/mol. The van der Waals surface area contributed by atoms with Gasteiger partial charge in [-0.1, -0.05) is 30.3 Å². The summed E-state index contributed by atoms with van der Waals surface area (Å²) < 4.78 is 0. The van der Waals surface area contributed by atoms with Crippen LogP contribution in [0.5, 0.6) is 0 Å². The van der Waals surface area contributed by atoms with E-state index < -0.39 is 0 Å². The number of quaternary nitrogens is 1. The van der Waals surface area contributed by atoms with E-state index in [-0.39, 0.29) is 12.4 Å². The van der Waals surface area contributed by atoms with Crippen molar-refractivity contribution in [3.63, 3.8) is 0 Å². The van der Waals surface area contributed by atoms with Crippen LogP contribution in [-0.4, -0.2) is 6.54 Å². The van der Waals surface area contributed by atoms with E-state index in [1.807, 2.05) is 0 Å². The highest BCUT2D eigenvalue weighted by Gasteiger charge is 2.48. The molecule has 4 atom stereocenters. The summed E-state index contributed by atoms with van der Waals surface area (Å²) in [4.78, 5) is 0. The average molecular weight is 238 g/mol. The summed E-state index contributed by atoms with van der Waals surface area (Å²) in [5.74, 6) is 3.63. The molecule has 0 aromatic heterocycles. The Morgan fingerprint density at radius 1 is 1.06 bits per heavy atom. The van der Waals surface area contributed by atoms with Crippen LogP contribution in [0, 0.1) is 17.8 Å². The number of hydrogen-bond donors (Lipinski definition) is 1. The van der Waals surface area contributed by atoms with Crippen LogP contribution in [0.25, 0.3) is 0 Å². The van der Waals surface area contributed by atoms with E-state index in [0.717, 1.165) is 30.2 Å². The predicted molar refractivity (Wildman–Crippen MR) is 61.3 cm³/mol. The predicted octanol–water partition coefficient (Wildman–Crippen LogP) is -0.938. The Bertz CT molecular complexity index is 338. The Balaban J connectivity index is 0.000000963. The van der Waals surface area contributed by atoms with Gasteiger partial charge < -0.3 is 18.1 Å². The fourth-order valence-electron chi connectivity index (χ4n) is 4.02. The van der Waals surface area contributed by atoms with E-state index in [2.05, 4.69) is 36.1 Å². The van der Waals surface area contributed by atoms with Crippen LogP contribution < -0.4 is 18.1 Å². The fraction of sp³-hybridized carbons (Fsp3) is 0.571. The van der Waals surface area contributed by atoms with E-state index in [1.54, 1.807) is 5.56 Å². The molecule has 88 valence electrons. The van der Waals surface area contributed by atoms with Crippen LogP contribution in [0.4, 0.5) is 0 Å². The molecular formula is C14H20ClN. The third-order valence-corrected chi connectivity index (χ3v) is 4.61. The Morgan fingerprint density at radius 2 is 1.75 bits per heavy atom. The summed E-state index contributed by atoms with van der Waals surface area (Å²) in [6, 6.07) is 11.1. The second-order valence-electron chi connectivity index (χ2n) is 5.22. The zero-order valence-electron chi connectivity index (χ0n) is 9.61. The molecule has 2 aliphatic rings. The lowest BCUT2D eigenvalue weighted by Crippen LogP contribution is -3.00. The molecule has 0 saturated heterocycles. The molecule has 1 aromatic carbocycles. The Labute approximate surface area is 104 Å². The molecule has 2 bridgehead atoms. The van der Waals surface area contributed by atoms with Crippen molar-refractivity contribution in [2.75, 3.05) is 6.54 Å². The Kier molecular flexibility index (Phi) is 3.56. The molecule has 0 amide bonds. The first-order chi connectivity index (χ1) is 7.40. The quantitative estimate of drug-likeness (QED) is 0.688. The molecule has 1 nitrogen and oxygen atoms in total. The van der Waals surface area contributed by atoms with Gasteiger partial charge in [0.15, 0.2) is 0 Å². The molecule has 16 heavy (non-hydrogen) atoms. The van der Waals surface area contributed by atoms with Crippen LogP contribution in [0.3, 0.4) is 0 Å². The van der Waals surface area contributed by atoms with Crippen LogP contribution in [0.1, 0.15) is 30.7 Å². The topological polar surface area (TPSA) is 27.6 Å². The highest BCUT2D eigenvalue weighted by Crippen LogP contribution is 2.55. The maximum Gasteiger partial charge on any atom is 0.0777 e. The van der Waals surface area contributed by atoms with Crippen molar-refractivity contribution in [2.24, 2.45) is 17.8 Å². The normalized spacial score (nSPS) is 36.1. The highest BCUT2D eigenvalue weighted by atomic mass is 35.5. The number of benzene rings is 1. The second-order valence-corrected chi connectivity index (χ2v) is 5.22. The average Bonchev–Trinajstić information content (AvgIpc) is 2.89. The summed E-state index contributed by atoms with van der Waals surface area (Å²) in [6.45, 7) is 1.13. The van der Waals surface area contributed by atoms with Crippen LogP contribution in [0.15, 0.2) is 30.3 Å². The van der Waals surface area contributed by atoms with Gasteiger partial charge in [0, 0.05) is 5.92 Å². The van der Waals surface area contributed by atoms with Crippen molar-refractivity contribution in [1.82, 2.24) is 0 Å². The first-order valence-corrected chi connectivity index (χ1v) is 6.24. The summed E-state index contributed by atoms with van der Waals surface area (Å²) in [5, 5.41) is 0. The van der Waals surface area contributed by atoms with Crippen molar-refractivity contribution in [2.45, 2.75) is 25.2 Å². The van der Waals surface area contributed by atoms with Gasteiger partial charge in [-0.05, 0) is 42.6 Å². The number of halogens is 1. The molecule has 0 unspecified atom stereocenters. The molecule has 3 N–H and O–H groups in total. The fourth-order valence-corrected chi connectivity index (χ4v) is 4.02. The molecule has 3 rings (SSSR count). The third-order valence-electron chi connectivity index (χ3n) is 4.61. The number of hydrogen-bond acceptors (Lipinski definition) is 0. The standard InChI is InChI=1S/C14H19N.ClH/c15-9-13-11-6-7-12(8-11)14(13)10-4-2-1-3-5-10;/h1-5,11-14H,6-9,15H2;1H/t11-,12+,13-,14-;/m1./s1. The van der Waals surface area contributed by atoms with Gasteiger partial charge >= 0.3 is 0 Å². The molecule has 0 radical (unpaired) electrons. The van der Waals surface area contributed by atoms with Crippen LogP contribution >= 0.6 is 0 Å². The molecular weight excluding hydrogens is 218 g/mol. The lowest BCUT2D eigenvalue weighted by molar-refractivity contribution is -0.382. The van der Waals surface area contributed by atoms with Gasteiger partial charge in [-0.25, -0.2) is 0 Å². The van der Waals surface area contributed by atoms with E-state index >= 15 is 0 Å². The molecule has 0 spiro atoms. The van der Waals surface area contributed by atoms with Gasteiger partial charge in [0.1, 0.15) is 0 Å². The first-order valence-electron chi connectivity index (χ1n) is 6.24. The van der Waals surface area contributed by atoms with E-state index in [4.69, 9.17) is 0 Å². The van der Waals surface area contributed by atoms with Crippen molar-refractivity contribution in [3.05, 3.63) is 35.9 Å². The molecule has 2 aliphatic carbocycles. The zero-order chi connectivity index (χ0) is 10.3. The minimum Gasteiger partial charge on any atom is -1.00 e. The van der Waals surface area contributed by atoms with E-state index in [9.17, 15) is 0 Å². The SMILES string of the molecule is [Cl-].[NH3+]C[C@@H]1[C@@H]2CC[C@@H](C2)[C@H]1c1ccccc1. The molecule has 1 aromatic rings. The minimum absolute atomic E-state index is 0. The van der Waals surface area contributed by atoms with E-state index in [0.29, 0.717) is 0 Å². The Morgan fingerprint density at radius 3 is 2.44 bits per heavy atom. The van der Waals surface area contributed by atoms with Gasteiger partial charge in [0.2, 0.25) is 0 Å². The number of fused-ring (bicyclic) bond motifs is 2. The lowest BCUT2D eigenvalue weighted by atomic mass is 9.75. The molecule has 0 heterocycles. The summed E-state index contributed by atoms with van der Waals surface area (Å²) in [7, 11) is 0. The van der Waals surface area contributed by atoms with Gasteiger partial charge in [0.05, 0.1) is 6.54 Å². The summed E-state index contributed by atoms with van der Waals surface area (Å²) >= 11 is 0. The molecule has 2 heteroatoms. The van der Waals surface area contributed by atoms with E-state index in [1.165, 1.54) is 19.3 Å².